The van der Waals surface area contributed by atoms with Crippen molar-refractivity contribution in [1.82, 2.24) is 0 Å². The molecule has 19 heavy (non-hydrogen) atoms. The lowest BCUT2D eigenvalue weighted by molar-refractivity contribution is -0.137. The fourth-order valence-corrected chi connectivity index (χ4v) is 2.60. The van der Waals surface area contributed by atoms with Gasteiger partial charge in [-0.1, -0.05) is 31.4 Å². The van der Waals surface area contributed by atoms with Crippen molar-refractivity contribution < 1.29 is 23.4 Å². The summed E-state index contributed by atoms with van der Waals surface area (Å²) < 4.78 is 37.3. The molecule has 1 aromatic carbocycles. The summed E-state index contributed by atoms with van der Waals surface area (Å²) in [6.07, 6.45) is -1.88. The molecule has 2 N–H and O–H groups in total. The van der Waals surface area contributed by atoms with Crippen LogP contribution >= 0.6 is 0 Å². The fraction of sp³-hybridized carbons (Fsp3) is 0.571. The Kier molecular flexibility index (Phi) is 3.87. The number of alkyl halides is 3. The molecule has 0 aliphatic heterocycles. The molecule has 1 fully saturated rings. The van der Waals surface area contributed by atoms with E-state index in [2.05, 4.69) is 0 Å². The van der Waals surface area contributed by atoms with Gasteiger partial charge in [0, 0.05) is 0 Å². The van der Waals surface area contributed by atoms with Crippen molar-refractivity contribution in [3.8, 4) is 0 Å². The minimum atomic E-state index is -4.38. The molecule has 1 atom stereocenters. The highest BCUT2D eigenvalue weighted by atomic mass is 19.4. The quantitative estimate of drug-likeness (QED) is 0.867. The maximum absolute atomic E-state index is 12.4. The van der Waals surface area contributed by atoms with Crippen LogP contribution in [0, 0.1) is 0 Å². The highest BCUT2D eigenvalue weighted by Gasteiger charge is 2.38. The van der Waals surface area contributed by atoms with Crippen LogP contribution in [0.25, 0.3) is 0 Å². The topological polar surface area (TPSA) is 40.5 Å². The molecule has 0 spiro atoms. The predicted octanol–water partition coefficient (Wildman–Crippen LogP) is 3.43. The Balaban J connectivity index is 2.17. The average molecular weight is 274 g/mol. The maximum Gasteiger partial charge on any atom is 0.416 e. The van der Waals surface area contributed by atoms with Crippen molar-refractivity contribution >= 4 is 0 Å². The Morgan fingerprint density at radius 1 is 1.00 bits per heavy atom. The number of hydrogen-bond donors (Lipinski definition) is 2. The Labute approximate surface area is 109 Å². The van der Waals surface area contributed by atoms with Crippen LogP contribution in [-0.2, 0) is 6.18 Å². The van der Waals surface area contributed by atoms with Crippen LogP contribution in [0.3, 0.4) is 0 Å². The maximum atomic E-state index is 12.4. The summed E-state index contributed by atoms with van der Waals surface area (Å²) in [4.78, 5) is 0. The highest BCUT2D eigenvalue weighted by Crippen LogP contribution is 2.39. The van der Waals surface area contributed by atoms with Crippen LogP contribution < -0.4 is 0 Å². The van der Waals surface area contributed by atoms with Gasteiger partial charge in [0.2, 0.25) is 0 Å². The summed E-state index contributed by atoms with van der Waals surface area (Å²) in [6, 6.07) is 4.34. The summed E-state index contributed by atoms with van der Waals surface area (Å²) in [5, 5.41) is 20.5. The summed E-state index contributed by atoms with van der Waals surface area (Å²) in [7, 11) is 0. The van der Waals surface area contributed by atoms with Crippen molar-refractivity contribution in [2.45, 2.75) is 50.0 Å². The first-order valence-electron chi connectivity index (χ1n) is 6.40. The molecule has 1 saturated carbocycles. The lowest BCUT2D eigenvalue weighted by Crippen LogP contribution is -2.38. The van der Waals surface area contributed by atoms with E-state index in [0.29, 0.717) is 18.4 Å². The molecule has 0 aromatic heterocycles. The largest absolute Gasteiger partial charge is 0.416 e. The number of rotatable bonds is 2. The first-order chi connectivity index (χ1) is 8.83. The van der Waals surface area contributed by atoms with E-state index >= 15 is 0 Å². The fourth-order valence-electron chi connectivity index (χ4n) is 2.60. The molecular weight excluding hydrogens is 257 g/mol. The van der Waals surface area contributed by atoms with Crippen LogP contribution in [0.1, 0.15) is 49.3 Å². The first kappa shape index (κ1) is 14.3. The zero-order chi connectivity index (χ0) is 14.1. The van der Waals surface area contributed by atoms with Gasteiger partial charge in [-0.2, -0.15) is 13.2 Å². The van der Waals surface area contributed by atoms with Crippen molar-refractivity contribution in [1.29, 1.82) is 0 Å². The van der Waals surface area contributed by atoms with Gasteiger partial charge in [0.1, 0.15) is 6.10 Å². The van der Waals surface area contributed by atoms with Crippen LogP contribution in [0.2, 0.25) is 0 Å². The first-order valence-corrected chi connectivity index (χ1v) is 6.40. The standard InChI is InChI=1S/C14H17F3O2/c15-14(16,17)11-6-4-10(5-7-11)12(18)13(19)8-2-1-3-9-13/h4-7,12,18-19H,1-3,8-9H2. The van der Waals surface area contributed by atoms with Crippen molar-refractivity contribution in [2.75, 3.05) is 0 Å². The van der Waals surface area contributed by atoms with Gasteiger partial charge in [-0.05, 0) is 30.5 Å². The van der Waals surface area contributed by atoms with E-state index < -0.39 is 23.4 Å². The Morgan fingerprint density at radius 3 is 2.00 bits per heavy atom. The van der Waals surface area contributed by atoms with Gasteiger partial charge >= 0.3 is 6.18 Å². The van der Waals surface area contributed by atoms with E-state index in [1.54, 1.807) is 0 Å². The van der Waals surface area contributed by atoms with Gasteiger partial charge in [-0.3, -0.25) is 0 Å². The third-order valence-corrected chi connectivity index (χ3v) is 3.78. The summed E-state index contributed by atoms with van der Waals surface area (Å²) in [6.45, 7) is 0. The third kappa shape index (κ3) is 3.09. The number of aliphatic hydroxyl groups excluding tert-OH is 1. The number of hydrogen-bond acceptors (Lipinski definition) is 2. The second kappa shape index (κ2) is 5.13. The Bertz CT molecular complexity index is 419. The lowest BCUT2D eigenvalue weighted by Gasteiger charge is -2.36. The molecule has 1 aromatic rings. The Morgan fingerprint density at radius 2 is 1.53 bits per heavy atom. The van der Waals surface area contributed by atoms with Crippen molar-refractivity contribution in [3.05, 3.63) is 35.4 Å². The second-order valence-electron chi connectivity index (χ2n) is 5.19. The smallest absolute Gasteiger partial charge is 0.387 e. The number of aliphatic hydroxyl groups is 2. The van der Waals surface area contributed by atoms with Gasteiger partial charge in [0.15, 0.2) is 0 Å². The molecule has 2 nitrogen and oxygen atoms in total. The normalized spacial score (nSPS) is 21.1. The second-order valence-corrected chi connectivity index (χ2v) is 5.19. The van der Waals surface area contributed by atoms with E-state index in [9.17, 15) is 23.4 Å². The SMILES string of the molecule is OC(c1ccc(C(F)(F)F)cc1)C1(O)CCCCC1. The zero-order valence-electron chi connectivity index (χ0n) is 10.5. The van der Waals surface area contributed by atoms with Gasteiger partial charge in [-0.15, -0.1) is 0 Å². The molecule has 0 bridgehead atoms. The minimum Gasteiger partial charge on any atom is -0.387 e. The molecule has 1 aliphatic rings. The van der Waals surface area contributed by atoms with E-state index in [1.165, 1.54) is 12.1 Å². The van der Waals surface area contributed by atoms with E-state index in [1.807, 2.05) is 0 Å². The average Bonchev–Trinajstić information content (AvgIpc) is 2.38. The Hall–Kier alpha value is -1.07. The molecule has 1 aliphatic carbocycles. The van der Waals surface area contributed by atoms with Crippen LogP contribution in [0.5, 0.6) is 0 Å². The highest BCUT2D eigenvalue weighted by molar-refractivity contribution is 5.27. The molecule has 0 saturated heterocycles. The van der Waals surface area contributed by atoms with Crippen LogP contribution in [-0.4, -0.2) is 15.8 Å². The number of benzene rings is 1. The summed E-state index contributed by atoms with van der Waals surface area (Å²) in [5.74, 6) is 0. The van der Waals surface area contributed by atoms with Crippen LogP contribution in [0.4, 0.5) is 13.2 Å². The molecular formula is C14H17F3O2. The molecule has 0 heterocycles. The van der Waals surface area contributed by atoms with Crippen molar-refractivity contribution in [3.63, 3.8) is 0 Å². The summed E-state index contributed by atoms with van der Waals surface area (Å²) in [5.41, 5.74) is -1.63. The van der Waals surface area contributed by atoms with Crippen LogP contribution in [0.15, 0.2) is 24.3 Å². The predicted molar refractivity (Wildman–Crippen MR) is 64.4 cm³/mol. The summed E-state index contributed by atoms with van der Waals surface area (Å²) >= 11 is 0. The molecule has 5 heteroatoms. The van der Waals surface area contributed by atoms with E-state index in [-0.39, 0.29) is 0 Å². The van der Waals surface area contributed by atoms with E-state index in [0.717, 1.165) is 31.4 Å². The molecule has 106 valence electrons. The minimum absolute atomic E-state index is 0.331. The molecule has 0 radical (unpaired) electrons. The number of halogens is 3. The van der Waals surface area contributed by atoms with Gasteiger partial charge in [-0.25, -0.2) is 0 Å². The molecule has 1 unspecified atom stereocenters. The monoisotopic (exact) mass is 274 g/mol. The van der Waals surface area contributed by atoms with Gasteiger partial charge < -0.3 is 10.2 Å². The van der Waals surface area contributed by atoms with E-state index in [4.69, 9.17) is 0 Å². The third-order valence-electron chi connectivity index (χ3n) is 3.78. The van der Waals surface area contributed by atoms with Gasteiger partial charge in [0.25, 0.3) is 0 Å². The van der Waals surface area contributed by atoms with Crippen molar-refractivity contribution in [2.24, 2.45) is 0 Å². The zero-order valence-corrected chi connectivity index (χ0v) is 10.5. The molecule has 2 rings (SSSR count). The lowest BCUT2D eigenvalue weighted by atomic mass is 9.78. The van der Waals surface area contributed by atoms with Gasteiger partial charge in [0.05, 0.1) is 11.2 Å². The molecule has 0 amide bonds.